The number of anilines is 1. The average molecular weight is 504 g/mol. The Kier molecular flexibility index (Phi) is 6.54. The maximum absolute atomic E-state index is 13.2. The van der Waals surface area contributed by atoms with Gasteiger partial charge in [0, 0.05) is 75.9 Å². The summed E-state index contributed by atoms with van der Waals surface area (Å²) in [5.74, 6) is 0.728. The predicted molar refractivity (Wildman–Crippen MR) is 142 cm³/mol. The van der Waals surface area contributed by atoms with Gasteiger partial charge in [-0.15, -0.1) is 0 Å². The zero-order valence-electron chi connectivity index (χ0n) is 21.3. The molecular formula is C27H33N7O3. The van der Waals surface area contributed by atoms with Crippen molar-refractivity contribution in [3.63, 3.8) is 0 Å². The molecule has 0 spiro atoms. The molecule has 1 amide bonds. The first-order valence-electron chi connectivity index (χ1n) is 12.9. The van der Waals surface area contributed by atoms with Gasteiger partial charge in [0.25, 0.3) is 5.91 Å². The zero-order valence-corrected chi connectivity index (χ0v) is 21.3. The summed E-state index contributed by atoms with van der Waals surface area (Å²) < 4.78 is 15.1. The lowest BCUT2D eigenvalue weighted by molar-refractivity contribution is 0.00732. The molecule has 0 aromatic carbocycles. The van der Waals surface area contributed by atoms with Gasteiger partial charge in [-0.1, -0.05) is 0 Å². The van der Waals surface area contributed by atoms with Gasteiger partial charge in [-0.25, -0.2) is 9.97 Å². The summed E-state index contributed by atoms with van der Waals surface area (Å²) in [4.78, 5) is 25.3. The van der Waals surface area contributed by atoms with Gasteiger partial charge < -0.3 is 24.7 Å². The van der Waals surface area contributed by atoms with E-state index in [1.807, 2.05) is 42.0 Å². The number of carbonyl (C=O) groups is 1. The molecule has 6 rings (SSSR count). The SMILES string of the molecule is CNc1cc(-c2cn(CCN3CCOCC3)c3ncccc23)nc2c(C(=O)N[C@H]3CC[C@@H]3OC)ccn12. The predicted octanol–water partition coefficient (Wildman–Crippen LogP) is 2.63. The monoisotopic (exact) mass is 503 g/mol. The van der Waals surface area contributed by atoms with E-state index in [4.69, 9.17) is 19.4 Å². The van der Waals surface area contributed by atoms with Crippen LogP contribution in [0.25, 0.3) is 27.9 Å². The molecule has 5 heterocycles. The van der Waals surface area contributed by atoms with Crippen molar-refractivity contribution in [3.8, 4) is 11.3 Å². The zero-order chi connectivity index (χ0) is 25.4. The maximum atomic E-state index is 13.2. The van der Waals surface area contributed by atoms with Gasteiger partial charge in [-0.2, -0.15) is 0 Å². The Morgan fingerprint density at radius 1 is 1.19 bits per heavy atom. The number of methoxy groups -OCH3 is 1. The number of aromatic nitrogens is 4. The number of fused-ring (bicyclic) bond motifs is 2. The number of carbonyl (C=O) groups excluding carboxylic acids is 1. The Bertz CT molecular complexity index is 1420. The molecule has 4 aromatic heterocycles. The summed E-state index contributed by atoms with van der Waals surface area (Å²) >= 11 is 0. The highest BCUT2D eigenvalue weighted by molar-refractivity contribution is 6.01. The fourth-order valence-electron chi connectivity index (χ4n) is 5.32. The minimum atomic E-state index is -0.129. The smallest absolute Gasteiger partial charge is 0.255 e. The fraction of sp³-hybridized carbons (Fsp3) is 0.444. The first-order valence-corrected chi connectivity index (χ1v) is 12.9. The molecule has 2 N–H and O–H groups in total. The van der Waals surface area contributed by atoms with Gasteiger partial charge >= 0.3 is 0 Å². The van der Waals surface area contributed by atoms with Crippen LogP contribution in [0.1, 0.15) is 23.2 Å². The third-order valence-electron chi connectivity index (χ3n) is 7.62. The second-order valence-corrected chi connectivity index (χ2v) is 9.70. The molecule has 0 unspecified atom stereocenters. The lowest BCUT2D eigenvalue weighted by Gasteiger charge is -2.35. The number of hydrogen-bond donors (Lipinski definition) is 2. The van der Waals surface area contributed by atoms with E-state index in [0.717, 1.165) is 80.3 Å². The topological polar surface area (TPSA) is 98.0 Å². The first-order chi connectivity index (χ1) is 18.2. The fourth-order valence-corrected chi connectivity index (χ4v) is 5.32. The third-order valence-corrected chi connectivity index (χ3v) is 7.62. The van der Waals surface area contributed by atoms with E-state index in [0.29, 0.717) is 11.2 Å². The number of nitrogens with zero attached hydrogens (tertiary/aromatic N) is 5. The standard InChI is InChI=1S/C27H33N7O3/c1-28-24-16-22(30-26-19(7-9-34(24)26)27(35)31-21-5-6-23(21)36-2)20-17-33(25-18(20)4-3-8-29-25)11-10-32-12-14-37-15-13-32/h3-4,7-9,16-17,21,23,28H,5-6,10-15H2,1-2H3,(H,31,35)/t21-,23-/m0/s1. The number of rotatable bonds is 8. The molecule has 1 saturated carbocycles. The van der Waals surface area contributed by atoms with Crippen LogP contribution < -0.4 is 10.6 Å². The molecule has 2 aliphatic rings. The summed E-state index contributed by atoms with van der Waals surface area (Å²) in [6.45, 7) is 5.24. The molecule has 2 fully saturated rings. The van der Waals surface area contributed by atoms with E-state index in [1.54, 1.807) is 7.11 Å². The van der Waals surface area contributed by atoms with Crippen molar-refractivity contribution in [2.75, 3.05) is 52.3 Å². The van der Waals surface area contributed by atoms with Crippen molar-refractivity contribution in [2.45, 2.75) is 31.5 Å². The van der Waals surface area contributed by atoms with E-state index in [9.17, 15) is 4.79 Å². The number of ether oxygens (including phenoxy) is 2. The third kappa shape index (κ3) is 4.45. The van der Waals surface area contributed by atoms with Gasteiger partial charge in [-0.05, 0) is 31.0 Å². The van der Waals surface area contributed by atoms with E-state index < -0.39 is 0 Å². The Morgan fingerprint density at radius 3 is 2.81 bits per heavy atom. The first kappa shape index (κ1) is 23.9. The molecule has 0 bridgehead atoms. The van der Waals surface area contributed by atoms with E-state index in [2.05, 4.69) is 32.4 Å². The number of hydrogen-bond acceptors (Lipinski definition) is 7. The minimum Gasteiger partial charge on any atom is -0.379 e. The van der Waals surface area contributed by atoms with Crippen molar-refractivity contribution in [3.05, 3.63) is 48.4 Å². The van der Waals surface area contributed by atoms with Gasteiger partial charge in [0.2, 0.25) is 0 Å². The highest BCUT2D eigenvalue weighted by Gasteiger charge is 2.33. The molecule has 10 heteroatoms. The largest absolute Gasteiger partial charge is 0.379 e. The minimum absolute atomic E-state index is 0.0370. The Labute approximate surface area is 215 Å². The number of pyridine rings is 1. The van der Waals surface area contributed by atoms with Crippen molar-refractivity contribution in [1.82, 2.24) is 29.2 Å². The van der Waals surface area contributed by atoms with Crippen molar-refractivity contribution in [1.29, 1.82) is 0 Å². The van der Waals surface area contributed by atoms with E-state index in [1.165, 1.54) is 0 Å². The Hall–Kier alpha value is -3.47. The second-order valence-electron chi connectivity index (χ2n) is 9.70. The molecule has 1 saturated heterocycles. The highest BCUT2D eigenvalue weighted by atomic mass is 16.5. The van der Waals surface area contributed by atoms with Crippen LogP contribution >= 0.6 is 0 Å². The molecule has 1 aliphatic heterocycles. The summed E-state index contributed by atoms with van der Waals surface area (Å²) in [6.07, 6.45) is 7.81. The normalized spacial score (nSPS) is 20.3. The molecular weight excluding hydrogens is 470 g/mol. The molecule has 37 heavy (non-hydrogen) atoms. The lowest BCUT2D eigenvalue weighted by Crippen LogP contribution is -2.51. The van der Waals surface area contributed by atoms with Crippen LogP contribution in [0.15, 0.2) is 42.9 Å². The van der Waals surface area contributed by atoms with Crippen LogP contribution in [0.4, 0.5) is 5.82 Å². The summed E-state index contributed by atoms with van der Waals surface area (Å²) in [5, 5.41) is 7.43. The lowest BCUT2D eigenvalue weighted by atomic mass is 9.89. The van der Waals surface area contributed by atoms with Crippen LogP contribution in [0.5, 0.6) is 0 Å². The summed E-state index contributed by atoms with van der Waals surface area (Å²) in [5.41, 5.74) is 3.89. The maximum Gasteiger partial charge on any atom is 0.255 e. The second kappa shape index (κ2) is 10.1. The number of nitrogens with one attached hydrogen (secondary N) is 2. The van der Waals surface area contributed by atoms with Crippen molar-refractivity contribution < 1.29 is 14.3 Å². The van der Waals surface area contributed by atoms with Gasteiger partial charge in [0.1, 0.15) is 11.5 Å². The van der Waals surface area contributed by atoms with Crippen LogP contribution in [-0.2, 0) is 16.0 Å². The van der Waals surface area contributed by atoms with E-state index in [-0.39, 0.29) is 18.1 Å². The number of amides is 1. The molecule has 1 aliphatic carbocycles. The van der Waals surface area contributed by atoms with Crippen molar-refractivity contribution >= 4 is 28.4 Å². The van der Waals surface area contributed by atoms with Gasteiger partial charge in [-0.3, -0.25) is 14.1 Å². The molecule has 0 radical (unpaired) electrons. The number of morpholine rings is 1. The van der Waals surface area contributed by atoms with Crippen LogP contribution in [-0.4, -0.2) is 88.9 Å². The highest BCUT2D eigenvalue weighted by Crippen LogP contribution is 2.32. The molecule has 2 atom stereocenters. The van der Waals surface area contributed by atoms with E-state index >= 15 is 0 Å². The van der Waals surface area contributed by atoms with Gasteiger partial charge in [0.05, 0.1) is 36.6 Å². The van der Waals surface area contributed by atoms with Crippen LogP contribution in [0.2, 0.25) is 0 Å². The molecule has 194 valence electrons. The molecule has 10 nitrogen and oxygen atoms in total. The van der Waals surface area contributed by atoms with Crippen LogP contribution in [0, 0.1) is 0 Å². The summed E-state index contributed by atoms with van der Waals surface area (Å²) in [7, 11) is 3.57. The summed E-state index contributed by atoms with van der Waals surface area (Å²) in [6, 6.07) is 7.93. The average Bonchev–Trinajstić information content (AvgIpc) is 3.52. The quantitative estimate of drug-likeness (QED) is 0.382. The van der Waals surface area contributed by atoms with Gasteiger partial charge in [0.15, 0.2) is 5.65 Å². The Balaban J connectivity index is 1.36. The van der Waals surface area contributed by atoms with Crippen LogP contribution in [0.3, 0.4) is 0 Å². The Morgan fingerprint density at radius 2 is 2.05 bits per heavy atom. The molecule has 4 aromatic rings. The van der Waals surface area contributed by atoms with Crippen molar-refractivity contribution in [2.24, 2.45) is 0 Å².